The molecule has 2 aliphatic rings. The molecule has 0 atom stereocenters. The average Bonchev–Trinajstić information content (AvgIpc) is 2.91. The van der Waals surface area contributed by atoms with E-state index in [0.717, 1.165) is 50.5 Å². The monoisotopic (exact) mass is 482 g/mol. The van der Waals surface area contributed by atoms with Crippen LogP contribution in [0.2, 0.25) is 0 Å². The molecule has 1 fully saturated rings. The normalized spacial score (nSPS) is 17.2. The maximum atomic E-state index is 13.9. The molecule has 3 aromatic carbocycles. The van der Waals surface area contributed by atoms with Gasteiger partial charge in [0.25, 0.3) is 5.91 Å². The van der Waals surface area contributed by atoms with Crippen LogP contribution in [0.4, 0.5) is 0 Å². The Bertz CT molecular complexity index is 1250. The molecule has 0 aromatic heterocycles. The summed E-state index contributed by atoms with van der Waals surface area (Å²) in [4.78, 5) is 29.1. The van der Waals surface area contributed by atoms with Crippen molar-refractivity contribution in [3.8, 4) is 5.75 Å². The number of carboxylic acid groups (broad SMARTS) is 1. The summed E-state index contributed by atoms with van der Waals surface area (Å²) in [6.45, 7) is 3.13. The van der Waals surface area contributed by atoms with Crippen LogP contribution in [0.25, 0.3) is 6.08 Å². The summed E-state index contributed by atoms with van der Waals surface area (Å²) in [7, 11) is 0. The highest BCUT2D eigenvalue weighted by Crippen LogP contribution is 2.41. The van der Waals surface area contributed by atoms with Gasteiger partial charge in [0, 0.05) is 45.1 Å². The van der Waals surface area contributed by atoms with Crippen LogP contribution >= 0.6 is 0 Å². The Morgan fingerprint density at radius 1 is 0.944 bits per heavy atom. The lowest BCUT2D eigenvalue weighted by molar-refractivity contribution is -0.131. The van der Waals surface area contributed by atoms with Crippen LogP contribution in [-0.4, -0.2) is 52.1 Å². The summed E-state index contributed by atoms with van der Waals surface area (Å²) in [5.41, 5.74) is 2.79. The highest BCUT2D eigenvalue weighted by molar-refractivity contribution is 5.99. The van der Waals surface area contributed by atoms with Crippen molar-refractivity contribution >= 4 is 18.0 Å². The molecule has 0 aliphatic carbocycles. The molecular weight excluding hydrogens is 452 g/mol. The third-order valence-electron chi connectivity index (χ3n) is 7.07. The molecule has 0 unspecified atom stereocenters. The van der Waals surface area contributed by atoms with Crippen molar-refractivity contribution in [1.29, 1.82) is 0 Å². The summed E-state index contributed by atoms with van der Waals surface area (Å²) < 4.78 is 6.65. The molecule has 0 saturated carbocycles. The molecule has 0 radical (unpaired) electrons. The highest BCUT2D eigenvalue weighted by Gasteiger charge is 2.48. The number of carbonyl (C=O) groups is 2. The molecule has 184 valence electrons. The fourth-order valence-corrected chi connectivity index (χ4v) is 5.08. The average molecular weight is 483 g/mol. The summed E-state index contributed by atoms with van der Waals surface area (Å²) in [6, 6.07) is 25.8. The zero-order valence-corrected chi connectivity index (χ0v) is 20.2. The van der Waals surface area contributed by atoms with E-state index < -0.39 is 11.7 Å². The first-order valence-electron chi connectivity index (χ1n) is 12.4. The van der Waals surface area contributed by atoms with Crippen molar-refractivity contribution < 1.29 is 19.4 Å². The van der Waals surface area contributed by atoms with Gasteiger partial charge in [-0.1, -0.05) is 66.7 Å². The molecule has 2 aliphatic heterocycles. The molecule has 1 spiro atoms. The minimum atomic E-state index is -1.03. The summed E-state index contributed by atoms with van der Waals surface area (Å²) in [5.74, 6) is -0.545. The molecule has 0 bridgehead atoms. The lowest BCUT2D eigenvalue weighted by Crippen LogP contribution is -2.62. The van der Waals surface area contributed by atoms with Crippen molar-refractivity contribution in [3.05, 3.63) is 107 Å². The number of aliphatic carboxylic acids is 1. The lowest BCUT2D eigenvalue weighted by atomic mass is 9.93. The Morgan fingerprint density at radius 2 is 1.61 bits per heavy atom. The predicted molar refractivity (Wildman–Crippen MR) is 139 cm³/mol. The van der Waals surface area contributed by atoms with Gasteiger partial charge in [0.2, 0.25) is 0 Å². The second-order valence-electron chi connectivity index (χ2n) is 9.43. The van der Waals surface area contributed by atoms with Crippen molar-refractivity contribution in [3.63, 3.8) is 0 Å². The van der Waals surface area contributed by atoms with E-state index in [1.165, 1.54) is 11.6 Å². The Kier molecular flexibility index (Phi) is 6.87. The first-order chi connectivity index (χ1) is 17.5. The number of rotatable bonds is 7. The number of benzene rings is 3. The third-order valence-corrected chi connectivity index (χ3v) is 7.07. The second kappa shape index (κ2) is 10.4. The number of nitrogens with zero attached hydrogens (tertiary/aromatic N) is 2. The molecule has 1 amide bonds. The van der Waals surface area contributed by atoms with Gasteiger partial charge in [-0.25, -0.2) is 4.79 Å². The van der Waals surface area contributed by atoms with Gasteiger partial charge in [0.1, 0.15) is 5.75 Å². The maximum Gasteiger partial charge on any atom is 0.328 e. The Hall–Kier alpha value is -3.90. The molecule has 6 heteroatoms. The highest BCUT2D eigenvalue weighted by atomic mass is 16.5. The zero-order valence-electron chi connectivity index (χ0n) is 20.2. The van der Waals surface area contributed by atoms with Gasteiger partial charge in [0.15, 0.2) is 5.72 Å². The smallest absolute Gasteiger partial charge is 0.328 e. The van der Waals surface area contributed by atoms with Gasteiger partial charge < -0.3 is 14.7 Å². The van der Waals surface area contributed by atoms with E-state index in [1.54, 1.807) is 18.2 Å². The summed E-state index contributed by atoms with van der Waals surface area (Å²) >= 11 is 0. The first-order valence-corrected chi connectivity index (χ1v) is 12.4. The number of ether oxygens (including phenoxy) is 1. The molecule has 5 rings (SSSR count). The summed E-state index contributed by atoms with van der Waals surface area (Å²) in [5, 5.41) is 8.97. The molecule has 1 saturated heterocycles. The first kappa shape index (κ1) is 23.8. The Balaban J connectivity index is 1.38. The number of fused-ring (bicyclic) bond motifs is 1. The van der Waals surface area contributed by atoms with E-state index in [4.69, 9.17) is 9.84 Å². The molecule has 3 aromatic rings. The number of amides is 1. The van der Waals surface area contributed by atoms with Gasteiger partial charge >= 0.3 is 5.97 Å². The van der Waals surface area contributed by atoms with Crippen LogP contribution in [-0.2, 0) is 17.8 Å². The van der Waals surface area contributed by atoms with E-state index in [0.29, 0.717) is 23.4 Å². The SMILES string of the molecule is O=C(O)/C=C/c1ccc2c(c1)C(=O)N(Cc1ccccc1)C1(CCN(CCc3ccccc3)CC1)O2. The Labute approximate surface area is 211 Å². The van der Waals surface area contributed by atoms with E-state index in [-0.39, 0.29) is 5.91 Å². The topological polar surface area (TPSA) is 70.1 Å². The molecule has 2 heterocycles. The van der Waals surface area contributed by atoms with E-state index in [9.17, 15) is 9.59 Å². The van der Waals surface area contributed by atoms with Crippen LogP contribution in [0.1, 0.15) is 39.9 Å². The molecule has 1 N–H and O–H groups in total. The number of carbonyl (C=O) groups excluding carboxylic acids is 1. The Morgan fingerprint density at radius 3 is 2.28 bits per heavy atom. The van der Waals surface area contributed by atoms with Gasteiger partial charge in [-0.3, -0.25) is 9.69 Å². The fraction of sp³-hybridized carbons (Fsp3) is 0.267. The standard InChI is InChI=1S/C30H30N2O4/c33-28(34)14-12-24-11-13-27-26(21-24)29(35)32(22-25-9-5-2-6-10-25)30(36-27)16-19-31(20-17-30)18-15-23-7-3-1-4-8-23/h1-14,21H,15-20,22H2,(H,33,34)/b14-12+. The number of hydrogen-bond acceptors (Lipinski definition) is 4. The van der Waals surface area contributed by atoms with Crippen molar-refractivity contribution in [1.82, 2.24) is 9.80 Å². The predicted octanol–water partition coefficient (Wildman–Crippen LogP) is 4.85. The van der Waals surface area contributed by atoms with E-state index in [1.807, 2.05) is 41.3 Å². The van der Waals surface area contributed by atoms with Crippen LogP contribution in [0.3, 0.4) is 0 Å². The van der Waals surface area contributed by atoms with Gasteiger partial charge in [-0.2, -0.15) is 0 Å². The molecular formula is C30H30N2O4. The van der Waals surface area contributed by atoms with Crippen molar-refractivity contribution in [2.45, 2.75) is 31.5 Å². The number of hydrogen-bond donors (Lipinski definition) is 1. The maximum absolute atomic E-state index is 13.9. The minimum absolute atomic E-state index is 0.0802. The largest absolute Gasteiger partial charge is 0.478 e. The van der Waals surface area contributed by atoms with Gasteiger partial charge in [0.05, 0.1) is 5.56 Å². The second-order valence-corrected chi connectivity index (χ2v) is 9.43. The van der Waals surface area contributed by atoms with E-state index >= 15 is 0 Å². The van der Waals surface area contributed by atoms with Crippen molar-refractivity contribution in [2.24, 2.45) is 0 Å². The van der Waals surface area contributed by atoms with Crippen LogP contribution in [0.5, 0.6) is 5.75 Å². The minimum Gasteiger partial charge on any atom is -0.478 e. The summed E-state index contributed by atoms with van der Waals surface area (Å²) in [6.07, 6.45) is 5.01. The fourth-order valence-electron chi connectivity index (χ4n) is 5.08. The number of piperidine rings is 1. The third kappa shape index (κ3) is 5.19. The molecule has 6 nitrogen and oxygen atoms in total. The molecule has 36 heavy (non-hydrogen) atoms. The van der Waals surface area contributed by atoms with Gasteiger partial charge in [-0.05, 0) is 41.3 Å². The number of carboxylic acids is 1. The van der Waals surface area contributed by atoms with Gasteiger partial charge in [-0.15, -0.1) is 0 Å². The zero-order chi connectivity index (χ0) is 25.0. The van der Waals surface area contributed by atoms with Crippen LogP contribution in [0, 0.1) is 0 Å². The van der Waals surface area contributed by atoms with E-state index in [2.05, 4.69) is 29.2 Å². The van der Waals surface area contributed by atoms with Crippen molar-refractivity contribution in [2.75, 3.05) is 19.6 Å². The quantitative estimate of drug-likeness (QED) is 0.488. The lowest BCUT2D eigenvalue weighted by Gasteiger charge is -2.51. The van der Waals surface area contributed by atoms with Crippen LogP contribution < -0.4 is 4.74 Å². The number of likely N-dealkylation sites (tertiary alicyclic amines) is 1. The van der Waals surface area contributed by atoms with Crippen LogP contribution in [0.15, 0.2) is 84.9 Å².